The van der Waals surface area contributed by atoms with Gasteiger partial charge in [0.25, 0.3) is 0 Å². The SMILES string of the molecule is CCCCCCCCCCCCCCCC(=O)C(O)(CO)C(O)(P=O)C(=O)CCCCCCCCCCCCCCC. The van der Waals surface area contributed by atoms with Crippen LogP contribution in [0.2, 0.25) is 0 Å². The molecule has 0 aromatic carbocycles. The number of hydrogen-bond donors (Lipinski definition) is 3. The van der Waals surface area contributed by atoms with Gasteiger partial charge in [-0.1, -0.05) is 168 Å². The fourth-order valence-corrected chi connectivity index (χ4v) is 6.30. The molecular weight excluding hydrogens is 547 g/mol. The van der Waals surface area contributed by atoms with Gasteiger partial charge in [-0.3, -0.25) is 14.2 Å². The van der Waals surface area contributed by atoms with E-state index < -0.39 is 37.6 Å². The third-order valence-corrected chi connectivity index (χ3v) is 9.69. The molecule has 0 spiro atoms. The molecule has 0 fully saturated rings. The first-order valence-corrected chi connectivity index (χ1v) is 18.6. The van der Waals surface area contributed by atoms with Crippen molar-refractivity contribution in [1.82, 2.24) is 0 Å². The molecule has 0 rings (SSSR count). The summed E-state index contributed by atoms with van der Waals surface area (Å²) < 4.78 is 11.9. The van der Waals surface area contributed by atoms with Crippen LogP contribution in [0.5, 0.6) is 0 Å². The predicted octanol–water partition coefficient (Wildman–Crippen LogP) is 9.79. The summed E-state index contributed by atoms with van der Waals surface area (Å²) in [5.74, 6) is -1.67. The zero-order valence-corrected chi connectivity index (χ0v) is 28.4. The van der Waals surface area contributed by atoms with Crippen molar-refractivity contribution in [1.29, 1.82) is 0 Å². The van der Waals surface area contributed by atoms with Gasteiger partial charge in [-0.2, -0.15) is 0 Å². The molecule has 0 radical (unpaired) electrons. The molecule has 0 saturated heterocycles. The van der Waals surface area contributed by atoms with Crippen LogP contribution >= 0.6 is 8.46 Å². The summed E-state index contributed by atoms with van der Waals surface area (Å²) in [6, 6.07) is 0. The monoisotopic (exact) mass is 614 g/mol. The first-order chi connectivity index (χ1) is 20.3. The summed E-state index contributed by atoms with van der Waals surface area (Å²) in [4.78, 5) is 25.6. The summed E-state index contributed by atoms with van der Waals surface area (Å²) in [5.41, 5.74) is -2.75. The topological polar surface area (TPSA) is 112 Å². The molecule has 0 saturated carbocycles. The molecule has 3 N–H and O–H groups in total. The van der Waals surface area contributed by atoms with E-state index in [1.807, 2.05) is 0 Å². The first-order valence-electron chi connectivity index (χ1n) is 17.8. The molecule has 248 valence electrons. The predicted molar refractivity (Wildman–Crippen MR) is 175 cm³/mol. The van der Waals surface area contributed by atoms with Crippen molar-refractivity contribution < 1.29 is 29.5 Å². The van der Waals surface area contributed by atoms with Crippen LogP contribution in [0.4, 0.5) is 0 Å². The summed E-state index contributed by atoms with van der Waals surface area (Å²) >= 11 is 0. The molecule has 6 nitrogen and oxygen atoms in total. The lowest BCUT2D eigenvalue weighted by molar-refractivity contribution is -0.172. The molecular formula is C35H67O6P. The largest absolute Gasteiger partial charge is 0.393 e. The summed E-state index contributed by atoms with van der Waals surface area (Å²) in [6.45, 7) is 3.33. The minimum Gasteiger partial charge on any atom is -0.393 e. The number of Topliss-reactive ketones (excluding diaryl/α,β-unsaturated/α-hetero) is 2. The highest BCUT2D eigenvalue weighted by atomic mass is 31.1. The zero-order chi connectivity index (χ0) is 31.4. The van der Waals surface area contributed by atoms with Crippen molar-refractivity contribution in [3.05, 3.63) is 0 Å². The van der Waals surface area contributed by atoms with E-state index in [0.29, 0.717) is 12.8 Å². The van der Waals surface area contributed by atoms with E-state index in [2.05, 4.69) is 13.8 Å². The Labute approximate surface area is 260 Å². The minimum atomic E-state index is -2.81. The Kier molecular flexibility index (Phi) is 27.4. The van der Waals surface area contributed by atoms with Crippen LogP contribution in [-0.4, -0.2) is 44.4 Å². The van der Waals surface area contributed by atoms with Gasteiger partial charge in [-0.25, -0.2) is 0 Å². The van der Waals surface area contributed by atoms with Crippen LogP contribution in [-0.2, 0) is 14.2 Å². The Morgan fingerprint density at radius 3 is 1.00 bits per heavy atom. The summed E-state index contributed by atoms with van der Waals surface area (Å²) in [6.07, 6.45) is 29.8. The summed E-state index contributed by atoms with van der Waals surface area (Å²) in [5, 5.41) is 28.8. The second kappa shape index (κ2) is 27.8. The van der Waals surface area contributed by atoms with Gasteiger partial charge in [0, 0.05) is 12.8 Å². The first kappa shape index (κ1) is 41.3. The summed E-state index contributed by atoms with van der Waals surface area (Å²) in [7, 11) is -1.06. The van der Waals surface area contributed by atoms with Gasteiger partial charge in [-0.15, -0.1) is 0 Å². The molecule has 0 aliphatic carbocycles. The standard InChI is InChI=1S/C35H67O6P/c1-3-5-7-9-11-13-15-17-19-21-23-25-27-29-32(37)34(39,31-36)35(40,42-41)33(38)30-28-26-24-22-20-18-16-14-12-10-8-6-4-2/h36,39-40H,3-31H2,1-2H3. The number of hydrogen-bond acceptors (Lipinski definition) is 6. The molecule has 0 bridgehead atoms. The van der Waals surface area contributed by atoms with Crippen LogP contribution < -0.4 is 0 Å². The average Bonchev–Trinajstić information content (AvgIpc) is 3.00. The quantitative estimate of drug-likeness (QED) is 0.0501. The van der Waals surface area contributed by atoms with Crippen molar-refractivity contribution in [3.8, 4) is 0 Å². The van der Waals surface area contributed by atoms with Crippen molar-refractivity contribution in [2.45, 2.75) is 205 Å². The number of aliphatic hydroxyl groups is 3. The molecule has 2 atom stereocenters. The van der Waals surface area contributed by atoms with Crippen LogP contribution in [0, 0.1) is 0 Å². The molecule has 0 aromatic heterocycles. The number of carbonyl (C=O) groups is 2. The second-order valence-corrected chi connectivity index (χ2v) is 13.4. The average molecular weight is 615 g/mol. The van der Waals surface area contributed by atoms with Crippen LogP contribution in [0.3, 0.4) is 0 Å². The number of ketones is 2. The van der Waals surface area contributed by atoms with Gasteiger partial charge in [0.1, 0.15) is 0 Å². The van der Waals surface area contributed by atoms with Gasteiger partial charge in [0.05, 0.1) is 6.61 Å². The third-order valence-electron chi connectivity index (χ3n) is 8.80. The van der Waals surface area contributed by atoms with E-state index in [0.717, 1.165) is 38.5 Å². The highest BCUT2D eigenvalue weighted by Crippen LogP contribution is 2.37. The zero-order valence-electron chi connectivity index (χ0n) is 27.5. The lowest BCUT2D eigenvalue weighted by atomic mass is 9.85. The molecule has 0 amide bonds. The normalized spacial score (nSPS) is 14.6. The van der Waals surface area contributed by atoms with Crippen LogP contribution in [0.1, 0.15) is 194 Å². The van der Waals surface area contributed by atoms with Crippen molar-refractivity contribution in [3.63, 3.8) is 0 Å². The van der Waals surface area contributed by atoms with E-state index in [1.165, 1.54) is 116 Å². The third kappa shape index (κ3) is 18.2. The van der Waals surface area contributed by atoms with Crippen LogP contribution in [0.25, 0.3) is 0 Å². The lowest BCUT2D eigenvalue weighted by Crippen LogP contribution is -2.62. The van der Waals surface area contributed by atoms with E-state index in [9.17, 15) is 29.5 Å². The van der Waals surface area contributed by atoms with Gasteiger partial charge < -0.3 is 15.3 Å². The number of unbranched alkanes of at least 4 members (excludes halogenated alkanes) is 24. The fraction of sp³-hybridized carbons (Fsp3) is 0.943. The molecule has 0 aromatic rings. The number of carbonyl (C=O) groups excluding carboxylic acids is 2. The maximum Gasteiger partial charge on any atom is 0.241 e. The molecule has 0 aliphatic heterocycles. The van der Waals surface area contributed by atoms with Gasteiger partial charge >= 0.3 is 0 Å². The number of rotatable bonds is 33. The van der Waals surface area contributed by atoms with Crippen molar-refractivity contribution in [2.75, 3.05) is 6.61 Å². The number of aliphatic hydroxyl groups excluding tert-OH is 1. The maximum atomic E-state index is 12.8. The van der Waals surface area contributed by atoms with Crippen molar-refractivity contribution >= 4 is 20.0 Å². The fourth-order valence-electron chi connectivity index (χ4n) is 5.74. The molecule has 2 unspecified atom stereocenters. The Morgan fingerprint density at radius 1 is 0.476 bits per heavy atom. The Hall–Kier alpha value is -0.680. The van der Waals surface area contributed by atoms with Crippen molar-refractivity contribution in [2.24, 2.45) is 0 Å². The smallest absolute Gasteiger partial charge is 0.241 e. The Morgan fingerprint density at radius 2 is 0.738 bits per heavy atom. The highest BCUT2D eigenvalue weighted by molar-refractivity contribution is 7.27. The second-order valence-electron chi connectivity index (χ2n) is 12.6. The van der Waals surface area contributed by atoms with Gasteiger partial charge in [0.2, 0.25) is 13.8 Å². The molecule has 7 heteroatoms. The lowest BCUT2D eigenvalue weighted by Gasteiger charge is -2.35. The highest BCUT2D eigenvalue weighted by Gasteiger charge is 2.59. The van der Waals surface area contributed by atoms with E-state index in [-0.39, 0.29) is 12.8 Å². The molecule has 42 heavy (non-hydrogen) atoms. The molecule has 0 aliphatic rings. The minimum absolute atomic E-state index is 0.0708. The van der Waals surface area contributed by atoms with Gasteiger partial charge in [0.15, 0.2) is 17.2 Å². The van der Waals surface area contributed by atoms with E-state index >= 15 is 0 Å². The Bertz CT molecular complexity index is 672. The van der Waals surface area contributed by atoms with E-state index in [4.69, 9.17) is 0 Å². The maximum absolute atomic E-state index is 12.8. The van der Waals surface area contributed by atoms with Crippen LogP contribution in [0.15, 0.2) is 0 Å². The Balaban J connectivity index is 4.17. The van der Waals surface area contributed by atoms with Gasteiger partial charge in [-0.05, 0) is 12.8 Å². The molecule has 0 heterocycles. The van der Waals surface area contributed by atoms with E-state index in [1.54, 1.807) is 0 Å².